The van der Waals surface area contributed by atoms with Gasteiger partial charge in [-0.15, -0.1) is 11.3 Å². The zero-order valence-corrected chi connectivity index (χ0v) is 8.68. The van der Waals surface area contributed by atoms with E-state index in [-0.39, 0.29) is 5.60 Å². The van der Waals surface area contributed by atoms with Crippen LogP contribution >= 0.6 is 11.3 Å². The number of rotatable bonds is 2. The van der Waals surface area contributed by atoms with E-state index in [1.807, 2.05) is 0 Å². The van der Waals surface area contributed by atoms with Gasteiger partial charge in [-0.3, -0.25) is 0 Å². The smallest absolute Gasteiger partial charge is 0.0690 e. The van der Waals surface area contributed by atoms with Crippen molar-refractivity contribution in [1.82, 2.24) is 0 Å². The van der Waals surface area contributed by atoms with E-state index in [0.717, 1.165) is 19.3 Å². The van der Waals surface area contributed by atoms with Gasteiger partial charge >= 0.3 is 0 Å². The lowest BCUT2D eigenvalue weighted by Crippen LogP contribution is -2.09. The molecule has 0 bridgehead atoms. The van der Waals surface area contributed by atoms with Gasteiger partial charge in [0.05, 0.1) is 5.60 Å². The van der Waals surface area contributed by atoms with Gasteiger partial charge in [0.1, 0.15) is 0 Å². The van der Waals surface area contributed by atoms with Crippen LogP contribution in [0.4, 0.5) is 0 Å². The first-order valence-corrected chi connectivity index (χ1v) is 5.82. The van der Waals surface area contributed by atoms with Crippen LogP contribution in [-0.4, -0.2) is 10.7 Å². The maximum atomic E-state index is 9.86. The predicted octanol–water partition coefficient (Wildman–Crippen LogP) is 2.97. The molecule has 1 nitrogen and oxygen atoms in total. The Balaban J connectivity index is 2.04. The molecule has 1 aliphatic rings. The molecule has 0 spiro atoms. The highest BCUT2D eigenvalue weighted by atomic mass is 32.1. The first-order chi connectivity index (χ1) is 6.77. The summed E-state index contributed by atoms with van der Waals surface area (Å²) in [5, 5.41) is 13.4. The van der Waals surface area contributed by atoms with Crippen LogP contribution < -0.4 is 0 Å². The molecule has 1 fully saturated rings. The number of benzene rings is 1. The molecule has 72 valence electrons. The van der Waals surface area contributed by atoms with Crippen molar-refractivity contribution in [1.29, 1.82) is 0 Å². The molecule has 0 atom stereocenters. The second-order valence-corrected chi connectivity index (χ2v) is 5.07. The summed E-state index contributed by atoms with van der Waals surface area (Å²) >= 11 is 1.77. The third-order valence-corrected chi connectivity index (χ3v) is 3.92. The molecule has 14 heavy (non-hydrogen) atoms. The standard InChI is InChI=1S/C12H12OS/c13-12(5-6-12)7-9-8-14-11-4-2-1-3-10(9)11/h1-4,8,13H,5-7H2. The highest BCUT2D eigenvalue weighted by molar-refractivity contribution is 7.17. The average molecular weight is 204 g/mol. The van der Waals surface area contributed by atoms with Crippen LogP contribution in [0.3, 0.4) is 0 Å². The van der Waals surface area contributed by atoms with E-state index in [4.69, 9.17) is 0 Å². The van der Waals surface area contributed by atoms with Crippen LogP contribution in [0.1, 0.15) is 18.4 Å². The number of aliphatic hydroxyl groups is 1. The first-order valence-electron chi connectivity index (χ1n) is 4.94. The van der Waals surface area contributed by atoms with Gasteiger partial charge in [-0.25, -0.2) is 0 Å². The highest BCUT2D eigenvalue weighted by Crippen LogP contribution is 2.40. The van der Waals surface area contributed by atoms with Gasteiger partial charge in [0.25, 0.3) is 0 Å². The van der Waals surface area contributed by atoms with E-state index in [0.29, 0.717) is 0 Å². The second-order valence-electron chi connectivity index (χ2n) is 4.16. The lowest BCUT2D eigenvalue weighted by atomic mass is 10.1. The van der Waals surface area contributed by atoms with Gasteiger partial charge in [0.15, 0.2) is 0 Å². The lowest BCUT2D eigenvalue weighted by molar-refractivity contribution is 0.151. The van der Waals surface area contributed by atoms with Crippen LogP contribution in [0.2, 0.25) is 0 Å². The van der Waals surface area contributed by atoms with Crippen LogP contribution in [-0.2, 0) is 6.42 Å². The molecule has 3 rings (SSSR count). The van der Waals surface area contributed by atoms with Crippen molar-refractivity contribution in [3.8, 4) is 0 Å². The summed E-state index contributed by atoms with van der Waals surface area (Å²) in [6.07, 6.45) is 2.77. The molecule has 0 radical (unpaired) electrons. The van der Waals surface area contributed by atoms with Crippen LogP contribution in [0.25, 0.3) is 10.1 Å². The van der Waals surface area contributed by atoms with Gasteiger partial charge < -0.3 is 5.11 Å². The number of thiophene rings is 1. The van der Waals surface area contributed by atoms with Gasteiger partial charge in [0, 0.05) is 11.1 Å². The molecule has 1 aromatic heterocycles. The van der Waals surface area contributed by atoms with E-state index in [2.05, 4.69) is 29.6 Å². The van der Waals surface area contributed by atoms with E-state index in [9.17, 15) is 5.11 Å². The summed E-state index contributed by atoms with van der Waals surface area (Å²) < 4.78 is 1.33. The minimum atomic E-state index is -0.371. The summed E-state index contributed by atoms with van der Waals surface area (Å²) in [4.78, 5) is 0. The van der Waals surface area contributed by atoms with E-state index < -0.39 is 0 Å². The minimum absolute atomic E-state index is 0.371. The third kappa shape index (κ3) is 1.35. The topological polar surface area (TPSA) is 20.2 Å². The van der Waals surface area contributed by atoms with Crippen molar-refractivity contribution >= 4 is 21.4 Å². The van der Waals surface area contributed by atoms with Gasteiger partial charge in [-0.1, -0.05) is 18.2 Å². The summed E-state index contributed by atoms with van der Waals surface area (Å²) in [6.45, 7) is 0. The van der Waals surface area contributed by atoms with Gasteiger partial charge in [-0.2, -0.15) is 0 Å². The molecule has 1 saturated carbocycles. The molecule has 0 amide bonds. The van der Waals surface area contributed by atoms with Gasteiger partial charge in [0.2, 0.25) is 0 Å². The van der Waals surface area contributed by atoms with Crippen molar-refractivity contribution < 1.29 is 5.11 Å². The van der Waals surface area contributed by atoms with E-state index in [1.54, 1.807) is 11.3 Å². The van der Waals surface area contributed by atoms with Crippen molar-refractivity contribution in [3.05, 3.63) is 35.2 Å². The molecule has 1 aromatic carbocycles. The minimum Gasteiger partial charge on any atom is -0.390 e. The Hall–Kier alpha value is -0.860. The SMILES string of the molecule is OC1(Cc2csc3ccccc23)CC1. The van der Waals surface area contributed by atoms with Crippen LogP contribution in [0.15, 0.2) is 29.6 Å². The molecule has 0 unspecified atom stereocenters. The van der Waals surface area contributed by atoms with E-state index in [1.165, 1.54) is 15.6 Å². The predicted molar refractivity (Wildman–Crippen MR) is 59.7 cm³/mol. The number of hydrogen-bond acceptors (Lipinski definition) is 2. The third-order valence-electron chi connectivity index (χ3n) is 2.91. The Labute approximate surface area is 87.0 Å². The largest absolute Gasteiger partial charge is 0.390 e. The fourth-order valence-electron chi connectivity index (χ4n) is 1.85. The summed E-state index contributed by atoms with van der Waals surface area (Å²) in [5.74, 6) is 0. The Kier molecular flexibility index (Phi) is 1.70. The fraction of sp³-hybridized carbons (Fsp3) is 0.333. The number of hydrogen-bond donors (Lipinski definition) is 1. The Morgan fingerprint density at radius 1 is 1.29 bits per heavy atom. The monoisotopic (exact) mass is 204 g/mol. The fourth-order valence-corrected chi connectivity index (χ4v) is 2.81. The highest BCUT2D eigenvalue weighted by Gasteiger charge is 2.40. The van der Waals surface area contributed by atoms with E-state index >= 15 is 0 Å². The Morgan fingerprint density at radius 2 is 2.07 bits per heavy atom. The van der Waals surface area contributed by atoms with Gasteiger partial charge in [-0.05, 0) is 35.2 Å². The van der Waals surface area contributed by atoms with Crippen molar-refractivity contribution in [2.24, 2.45) is 0 Å². The molecule has 1 aliphatic carbocycles. The van der Waals surface area contributed by atoms with Crippen molar-refractivity contribution in [2.75, 3.05) is 0 Å². The van der Waals surface area contributed by atoms with Crippen molar-refractivity contribution in [2.45, 2.75) is 24.9 Å². The summed E-state index contributed by atoms with van der Waals surface area (Å²) in [7, 11) is 0. The second kappa shape index (κ2) is 2.81. The Morgan fingerprint density at radius 3 is 2.86 bits per heavy atom. The lowest BCUT2D eigenvalue weighted by Gasteiger charge is -2.05. The Bertz CT molecular complexity index is 468. The molecular formula is C12H12OS. The van der Waals surface area contributed by atoms with Crippen LogP contribution in [0, 0.1) is 0 Å². The summed E-state index contributed by atoms with van der Waals surface area (Å²) in [6, 6.07) is 8.41. The normalized spacial score (nSPS) is 18.6. The summed E-state index contributed by atoms with van der Waals surface area (Å²) in [5.41, 5.74) is 0.940. The molecule has 0 aliphatic heterocycles. The molecule has 0 saturated heterocycles. The molecular weight excluding hydrogens is 192 g/mol. The maximum Gasteiger partial charge on any atom is 0.0690 e. The first kappa shape index (κ1) is 8.45. The molecule has 1 heterocycles. The van der Waals surface area contributed by atoms with Crippen LogP contribution in [0.5, 0.6) is 0 Å². The molecule has 2 heteroatoms. The zero-order chi connectivity index (χ0) is 9.60. The maximum absolute atomic E-state index is 9.86. The zero-order valence-electron chi connectivity index (χ0n) is 7.86. The number of fused-ring (bicyclic) bond motifs is 1. The molecule has 2 aromatic rings. The average Bonchev–Trinajstić information content (AvgIpc) is 2.77. The quantitative estimate of drug-likeness (QED) is 0.797. The molecule has 1 N–H and O–H groups in total. The van der Waals surface area contributed by atoms with Crippen molar-refractivity contribution in [3.63, 3.8) is 0 Å².